The highest BCUT2D eigenvalue weighted by Gasteiger charge is 2.33. The van der Waals surface area contributed by atoms with Gasteiger partial charge in [-0.1, -0.05) is 0 Å². The zero-order chi connectivity index (χ0) is 12.5. The number of aromatic nitrogens is 1. The van der Waals surface area contributed by atoms with Crippen LogP contribution in [0.1, 0.15) is 30.2 Å². The second-order valence-corrected chi connectivity index (χ2v) is 4.01. The van der Waals surface area contributed by atoms with Gasteiger partial charge in [0.2, 0.25) is 0 Å². The van der Waals surface area contributed by atoms with Gasteiger partial charge in [0.15, 0.2) is 0 Å². The van der Waals surface area contributed by atoms with Crippen molar-refractivity contribution in [2.45, 2.75) is 31.2 Å². The molecule has 0 spiro atoms. The van der Waals surface area contributed by atoms with Crippen molar-refractivity contribution < 1.29 is 23.0 Å². The van der Waals surface area contributed by atoms with Crippen LogP contribution in [0, 0.1) is 0 Å². The fraction of sp³-hybridized carbons (Fsp3) is 0.545. The fourth-order valence-corrected chi connectivity index (χ4v) is 1.81. The number of pyridine rings is 1. The third-order valence-electron chi connectivity index (χ3n) is 2.70. The van der Waals surface area contributed by atoms with Crippen LogP contribution in [-0.2, 0) is 10.9 Å². The van der Waals surface area contributed by atoms with E-state index in [0.29, 0.717) is 25.0 Å². The van der Waals surface area contributed by atoms with Gasteiger partial charge in [-0.2, -0.15) is 13.2 Å². The van der Waals surface area contributed by atoms with Crippen LogP contribution in [-0.4, -0.2) is 22.8 Å². The van der Waals surface area contributed by atoms with E-state index in [0.717, 1.165) is 12.3 Å². The van der Waals surface area contributed by atoms with Gasteiger partial charge in [-0.25, -0.2) is 0 Å². The predicted molar refractivity (Wildman–Crippen MR) is 53.2 cm³/mol. The number of alkyl halides is 3. The Hall–Kier alpha value is -1.14. The summed E-state index contributed by atoms with van der Waals surface area (Å²) < 4.78 is 42.7. The van der Waals surface area contributed by atoms with Gasteiger partial charge in [-0.15, -0.1) is 0 Å². The van der Waals surface area contributed by atoms with Gasteiger partial charge in [0.1, 0.15) is 5.69 Å². The Morgan fingerprint density at radius 1 is 1.41 bits per heavy atom. The summed E-state index contributed by atoms with van der Waals surface area (Å²) in [4.78, 5) is 3.28. The van der Waals surface area contributed by atoms with Crippen LogP contribution in [0.5, 0.6) is 0 Å². The van der Waals surface area contributed by atoms with Crippen LogP contribution in [0.3, 0.4) is 0 Å². The van der Waals surface area contributed by atoms with E-state index in [2.05, 4.69) is 4.98 Å². The topological polar surface area (TPSA) is 42.4 Å². The van der Waals surface area contributed by atoms with Gasteiger partial charge >= 0.3 is 6.18 Å². The fourth-order valence-electron chi connectivity index (χ4n) is 1.81. The molecule has 1 fully saturated rings. The molecule has 1 N–H and O–H groups in total. The van der Waals surface area contributed by atoms with Crippen molar-refractivity contribution in [3.63, 3.8) is 0 Å². The zero-order valence-electron chi connectivity index (χ0n) is 8.94. The molecule has 6 heteroatoms. The van der Waals surface area contributed by atoms with Crippen LogP contribution in [0.15, 0.2) is 18.3 Å². The van der Waals surface area contributed by atoms with Crippen molar-refractivity contribution >= 4 is 0 Å². The van der Waals surface area contributed by atoms with Gasteiger partial charge in [0.05, 0.1) is 12.2 Å². The largest absolute Gasteiger partial charge is 0.433 e. The van der Waals surface area contributed by atoms with Crippen LogP contribution >= 0.6 is 0 Å². The van der Waals surface area contributed by atoms with E-state index < -0.39 is 24.1 Å². The van der Waals surface area contributed by atoms with E-state index in [9.17, 15) is 18.3 Å². The number of ether oxygens (including phenoxy) is 1. The molecular weight excluding hydrogens is 235 g/mol. The Labute approximate surface area is 96.2 Å². The van der Waals surface area contributed by atoms with Gasteiger partial charge in [-0.3, -0.25) is 4.98 Å². The van der Waals surface area contributed by atoms with Gasteiger partial charge in [0.25, 0.3) is 0 Å². The minimum atomic E-state index is -4.46. The van der Waals surface area contributed by atoms with Crippen molar-refractivity contribution in [1.82, 2.24) is 4.98 Å². The number of nitrogens with zero attached hydrogens (tertiary/aromatic N) is 1. The van der Waals surface area contributed by atoms with Gasteiger partial charge in [0, 0.05) is 19.2 Å². The summed E-state index contributed by atoms with van der Waals surface area (Å²) in [5, 5.41) is 9.45. The van der Waals surface area contributed by atoms with Crippen molar-refractivity contribution in [3.05, 3.63) is 29.6 Å². The summed E-state index contributed by atoms with van der Waals surface area (Å²) in [6.07, 6.45) is -3.50. The summed E-state index contributed by atoms with van der Waals surface area (Å²) in [5.74, 6) is 0. The summed E-state index contributed by atoms with van der Waals surface area (Å²) in [5.41, 5.74) is -0.523. The van der Waals surface area contributed by atoms with Crippen molar-refractivity contribution in [3.8, 4) is 0 Å². The number of halogens is 3. The molecule has 1 aliphatic heterocycles. The number of hydrogen-bond acceptors (Lipinski definition) is 3. The lowest BCUT2D eigenvalue weighted by Gasteiger charge is -2.27. The maximum absolute atomic E-state index is 12.5. The second-order valence-electron chi connectivity index (χ2n) is 4.01. The molecule has 1 aromatic rings. The number of aliphatic hydroxyl groups excluding tert-OH is 1. The highest BCUT2D eigenvalue weighted by molar-refractivity contribution is 5.21. The van der Waals surface area contributed by atoms with Crippen molar-refractivity contribution in [2.24, 2.45) is 0 Å². The van der Waals surface area contributed by atoms with Crippen molar-refractivity contribution in [2.75, 3.05) is 6.61 Å². The predicted octanol–water partition coefficient (Wildman–Crippen LogP) is 2.31. The minimum absolute atomic E-state index is 0.321. The lowest BCUT2D eigenvalue weighted by molar-refractivity contribution is -0.141. The van der Waals surface area contributed by atoms with Crippen LogP contribution < -0.4 is 0 Å². The Morgan fingerprint density at radius 2 is 2.18 bits per heavy atom. The summed E-state index contributed by atoms with van der Waals surface area (Å²) in [6.45, 7) is 0.357. The average molecular weight is 247 g/mol. The van der Waals surface area contributed by atoms with Gasteiger partial charge in [-0.05, 0) is 24.1 Å². The third-order valence-corrected chi connectivity index (χ3v) is 2.70. The lowest BCUT2D eigenvalue weighted by Crippen LogP contribution is -2.23. The normalized spacial score (nSPS) is 25.9. The summed E-state index contributed by atoms with van der Waals surface area (Å²) >= 11 is 0. The van der Waals surface area contributed by atoms with Crippen LogP contribution in [0.2, 0.25) is 0 Å². The quantitative estimate of drug-likeness (QED) is 0.828. The standard InChI is InChI=1S/C11H12F3NO2/c12-11(13,14)10-5-7(1-3-15-10)9-6-8(16)2-4-17-9/h1,3,5,8-9,16H,2,4,6H2. The Balaban J connectivity index is 2.21. The molecule has 0 radical (unpaired) electrons. The van der Waals surface area contributed by atoms with E-state index in [-0.39, 0.29) is 0 Å². The van der Waals surface area contributed by atoms with Gasteiger partial charge < -0.3 is 9.84 Å². The molecule has 2 unspecified atom stereocenters. The van der Waals surface area contributed by atoms with Crippen molar-refractivity contribution in [1.29, 1.82) is 0 Å². The molecule has 0 amide bonds. The molecule has 1 saturated heterocycles. The molecule has 1 aromatic heterocycles. The zero-order valence-corrected chi connectivity index (χ0v) is 8.94. The Kier molecular flexibility index (Phi) is 3.35. The molecule has 3 nitrogen and oxygen atoms in total. The molecule has 2 rings (SSSR count). The van der Waals surface area contributed by atoms with E-state index in [1.807, 2.05) is 0 Å². The highest BCUT2D eigenvalue weighted by Crippen LogP contribution is 2.32. The lowest BCUT2D eigenvalue weighted by atomic mass is 9.99. The molecule has 0 saturated carbocycles. The first-order valence-corrected chi connectivity index (χ1v) is 5.29. The Bertz CT molecular complexity index is 395. The molecule has 0 bridgehead atoms. The molecule has 0 aliphatic carbocycles. The van der Waals surface area contributed by atoms with E-state index >= 15 is 0 Å². The smallest absolute Gasteiger partial charge is 0.393 e. The monoisotopic (exact) mass is 247 g/mol. The van der Waals surface area contributed by atoms with E-state index in [4.69, 9.17) is 4.74 Å². The first-order valence-electron chi connectivity index (χ1n) is 5.29. The molecule has 1 aliphatic rings. The second kappa shape index (κ2) is 4.62. The third kappa shape index (κ3) is 2.95. The first-order chi connectivity index (χ1) is 7.97. The van der Waals surface area contributed by atoms with Crippen LogP contribution in [0.25, 0.3) is 0 Å². The number of aliphatic hydroxyl groups is 1. The van der Waals surface area contributed by atoms with E-state index in [1.54, 1.807) is 0 Å². The average Bonchev–Trinajstić information content (AvgIpc) is 2.28. The summed E-state index contributed by atoms with van der Waals surface area (Å²) in [6, 6.07) is 2.46. The molecule has 0 aromatic carbocycles. The highest BCUT2D eigenvalue weighted by atomic mass is 19.4. The summed E-state index contributed by atoms with van der Waals surface area (Å²) in [7, 11) is 0. The molecule has 2 heterocycles. The van der Waals surface area contributed by atoms with Crippen LogP contribution in [0.4, 0.5) is 13.2 Å². The molecular formula is C11H12F3NO2. The maximum atomic E-state index is 12.5. The molecule has 17 heavy (non-hydrogen) atoms. The molecule has 2 atom stereocenters. The first kappa shape index (κ1) is 12.3. The number of hydrogen-bond donors (Lipinski definition) is 1. The Morgan fingerprint density at radius 3 is 2.82 bits per heavy atom. The number of rotatable bonds is 1. The minimum Gasteiger partial charge on any atom is -0.393 e. The molecule has 94 valence electrons. The SMILES string of the molecule is OC1CCOC(c2ccnc(C(F)(F)F)c2)C1. The van der Waals surface area contributed by atoms with E-state index in [1.165, 1.54) is 6.07 Å². The maximum Gasteiger partial charge on any atom is 0.433 e.